The Bertz CT molecular complexity index is 338. The first-order valence-electron chi connectivity index (χ1n) is 4.43. The molecular formula is C11H12N2. The summed E-state index contributed by atoms with van der Waals surface area (Å²) >= 11 is 0. The van der Waals surface area contributed by atoms with E-state index in [1.54, 1.807) is 6.20 Å². The summed E-state index contributed by atoms with van der Waals surface area (Å²) in [5, 5.41) is 3.34. The van der Waals surface area contributed by atoms with Gasteiger partial charge in [0.2, 0.25) is 0 Å². The molecule has 0 radical (unpaired) electrons. The molecule has 0 aliphatic carbocycles. The van der Waals surface area contributed by atoms with Gasteiger partial charge in [-0.3, -0.25) is 4.98 Å². The van der Waals surface area contributed by atoms with Gasteiger partial charge in [0.25, 0.3) is 0 Å². The highest BCUT2D eigenvalue weighted by molar-refractivity contribution is 5.64. The van der Waals surface area contributed by atoms with Gasteiger partial charge in [-0.05, 0) is 25.1 Å². The Kier molecular flexibility index (Phi) is 2.13. The molecule has 66 valence electrons. The van der Waals surface area contributed by atoms with Gasteiger partial charge in [0, 0.05) is 12.2 Å². The van der Waals surface area contributed by atoms with Crippen LogP contribution in [0.15, 0.2) is 42.6 Å². The predicted octanol–water partition coefficient (Wildman–Crippen LogP) is 1.97. The molecule has 1 atom stereocenters. The van der Waals surface area contributed by atoms with Crippen LogP contribution in [0.3, 0.4) is 0 Å². The quantitative estimate of drug-likeness (QED) is 0.700. The SMILES string of the molecule is CC1C=CC=C(c2ccccn2)N1. The van der Waals surface area contributed by atoms with Crippen molar-refractivity contribution in [2.75, 3.05) is 0 Å². The molecule has 0 bridgehead atoms. The molecule has 1 aromatic heterocycles. The van der Waals surface area contributed by atoms with Crippen molar-refractivity contribution < 1.29 is 0 Å². The predicted molar refractivity (Wildman–Crippen MR) is 54.0 cm³/mol. The smallest absolute Gasteiger partial charge is 0.0861 e. The van der Waals surface area contributed by atoms with Crippen LogP contribution in [0.2, 0.25) is 0 Å². The van der Waals surface area contributed by atoms with Gasteiger partial charge in [-0.2, -0.15) is 0 Å². The van der Waals surface area contributed by atoms with Crippen LogP contribution in [0.1, 0.15) is 12.6 Å². The van der Waals surface area contributed by atoms with Crippen molar-refractivity contribution in [2.24, 2.45) is 0 Å². The third-order valence-corrected chi connectivity index (χ3v) is 1.99. The third-order valence-electron chi connectivity index (χ3n) is 1.99. The minimum Gasteiger partial charge on any atom is -0.377 e. The highest BCUT2D eigenvalue weighted by Gasteiger charge is 2.06. The number of nitrogens with zero attached hydrogens (tertiary/aromatic N) is 1. The molecule has 1 aliphatic rings. The lowest BCUT2D eigenvalue weighted by molar-refractivity contribution is 0.775. The molecule has 1 aliphatic heterocycles. The third kappa shape index (κ3) is 1.78. The van der Waals surface area contributed by atoms with E-state index < -0.39 is 0 Å². The number of pyridine rings is 1. The van der Waals surface area contributed by atoms with Crippen LogP contribution in [-0.2, 0) is 0 Å². The molecule has 2 heterocycles. The summed E-state index contributed by atoms with van der Waals surface area (Å²) in [6, 6.07) is 6.31. The molecule has 2 heteroatoms. The Morgan fingerprint density at radius 2 is 2.31 bits per heavy atom. The maximum atomic E-state index is 4.27. The fourth-order valence-electron chi connectivity index (χ4n) is 1.34. The van der Waals surface area contributed by atoms with E-state index in [2.05, 4.69) is 29.4 Å². The van der Waals surface area contributed by atoms with Gasteiger partial charge < -0.3 is 5.32 Å². The fraction of sp³-hybridized carbons (Fsp3) is 0.182. The van der Waals surface area contributed by atoms with Crippen molar-refractivity contribution in [1.82, 2.24) is 10.3 Å². The molecule has 1 aromatic rings. The minimum absolute atomic E-state index is 0.391. The first-order chi connectivity index (χ1) is 6.36. The Morgan fingerprint density at radius 1 is 1.38 bits per heavy atom. The van der Waals surface area contributed by atoms with E-state index in [0.29, 0.717) is 6.04 Å². The van der Waals surface area contributed by atoms with Crippen LogP contribution >= 0.6 is 0 Å². The van der Waals surface area contributed by atoms with Gasteiger partial charge in [0.05, 0.1) is 11.4 Å². The molecule has 0 fully saturated rings. The van der Waals surface area contributed by atoms with E-state index in [1.807, 2.05) is 24.3 Å². The van der Waals surface area contributed by atoms with Crippen molar-refractivity contribution in [1.29, 1.82) is 0 Å². The monoisotopic (exact) mass is 172 g/mol. The van der Waals surface area contributed by atoms with Crippen LogP contribution < -0.4 is 5.32 Å². The molecule has 13 heavy (non-hydrogen) atoms. The number of aromatic nitrogens is 1. The molecule has 0 amide bonds. The van der Waals surface area contributed by atoms with Gasteiger partial charge in [-0.25, -0.2) is 0 Å². The lowest BCUT2D eigenvalue weighted by atomic mass is 10.1. The topological polar surface area (TPSA) is 24.9 Å². The van der Waals surface area contributed by atoms with Gasteiger partial charge in [0.1, 0.15) is 0 Å². The highest BCUT2D eigenvalue weighted by Crippen LogP contribution is 2.12. The van der Waals surface area contributed by atoms with Crippen LogP contribution in [0, 0.1) is 0 Å². The van der Waals surface area contributed by atoms with Crippen molar-refractivity contribution in [3.8, 4) is 0 Å². The van der Waals surface area contributed by atoms with Gasteiger partial charge in [-0.1, -0.05) is 18.2 Å². The second kappa shape index (κ2) is 3.44. The lowest BCUT2D eigenvalue weighted by Crippen LogP contribution is -2.24. The first kappa shape index (κ1) is 8.05. The normalized spacial score (nSPS) is 20.7. The van der Waals surface area contributed by atoms with Crippen LogP contribution in [-0.4, -0.2) is 11.0 Å². The number of rotatable bonds is 1. The second-order valence-corrected chi connectivity index (χ2v) is 3.11. The maximum Gasteiger partial charge on any atom is 0.0861 e. The van der Waals surface area contributed by atoms with Crippen molar-refractivity contribution in [2.45, 2.75) is 13.0 Å². The van der Waals surface area contributed by atoms with Crippen molar-refractivity contribution >= 4 is 5.70 Å². The number of hydrogen-bond acceptors (Lipinski definition) is 2. The molecular weight excluding hydrogens is 160 g/mol. The highest BCUT2D eigenvalue weighted by atomic mass is 14.9. The largest absolute Gasteiger partial charge is 0.377 e. The second-order valence-electron chi connectivity index (χ2n) is 3.11. The van der Waals surface area contributed by atoms with E-state index in [1.165, 1.54) is 0 Å². The Balaban J connectivity index is 2.28. The van der Waals surface area contributed by atoms with Crippen LogP contribution in [0.4, 0.5) is 0 Å². The zero-order valence-corrected chi connectivity index (χ0v) is 7.57. The average Bonchev–Trinajstić information content (AvgIpc) is 2.19. The molecule has 1 unspecified atom stereocenters. The minimum atomic E-state index is 0.391. The lowest BCUT2D eigenvalue weighted by Gasteiger charge is -2.17. The average molecular weight is 172 g/mol. The van der Waals surface area contributed by atoms with E-state index in [-0.39, 0.29) is 0 Å². The van der Waals surface area contributed by atoms with Gasteiger partial charge in [-0.15, -0.1) is 0 Å². The summed E-state index contributed by atoms with van der Waals surface area (Å²) < 4.78 is 0. The molecule has 2 rings (SSSR count). The van der Waals surface area contributed by atoms with Crippen LogP contribution in [0.25, 0.3) is 5.70 Å². The molecule has 1 N–H and O–H groups in total. The first-order valence-corrected chi connectivity index (χ1v) is 4.43. The molecule has 0 saturated heterocycles. The number of nitrogens with one attached hydrogen (secondary N) is 1. The molecule has 0 spiro atoms. The Labute approximate surface area is 78.0 Å². The summed E-state index contributed by atoms with van der Waals surface area (Å²) in [7, 11) is 0. The zero-order valence-electron chi connectivity index (χ0n) is 7.57. The maximum absolute atomic E-state index is 4.27. The summed E-state index contributed by atoms with van der Waals surface area (Å²) in [5.74, 6) is 0. The summed E-state index contributed by atoms with van der Waals surface area (Å²) in [5.41, 5.74) is 2.09. The Morgan fingerprint density at radius 3 is 3.00 bits per heavy atom. The fourth-order valence-corrected chi connectivity index (χ4v) is 1.34. The van der Waals surface area contributed by atoms with E-state index in [9.17, 15) is 0 Å². The molecule has 2 nitrogen and oxygen atoms in total. The standard InChI is InChI=1S/C11H12N2/c1-9-5-4-7-11(13-9)10-6-2-3-8-12-10/h2-9,13H,1H3. The molecule has 0 saturated carbocycles. The number of allylic oxidation sites excluding steroid dienone is 2. The van der Waals surface area contributed by atoms with Gasteiger partial charge >= 0.3 is 0 Å². The van der Waals surface area contributed by atoms with Crippen molar-refractivity contribution in [3.63, 3.8) is 0 Å². The van der Waals surface area contributed by atoms with Crippen molar-refractivity contribution in [3.05, 3.63) is 48.3 Å². The van der Waals surface area contributed by atoms with E-state index in [0.717, 1.165) is 11.4 Å². The summed E-state index contributed by atoms with van der Waals surface area (Å²) in [6.45, 7) is 2.12. The number of hydrogen-bond donors (Lipinski definition) is 1. The molecule has 0 aromatic carbocycles. The summed E-state index contributed by atoms with van der Waals surface area (Å²) in [4.78, 5) is 4.27. The van der Waals surface area contributed by atoms with E-state index in [4.69, 9.17) is 0 Å². The Hall–Kier alpha value is -1.57. The van der Waals surface area contributed by atoms with Crippen LogP contribution in [0.5, 0.6) is 0 Å². The zero-order chi connectivity index (χ0) is 9.10. The van der Waals surface area contributed by atoms with E-state index >= 15 is 0 Å². The summed E-state index contributed by atoms with van der Waals surface area (Å²) in [6.07, 6.45) is 8.03. The number of dihydropyridines is 1. The van der Waals surface area contributed by atoms with Gasteiger partial charge in [0.15, 0.2) is 0 Å².